The van der Waals surface area contributed by atoms with Crippen LogP contribution in [0.15, 0.2) is 60.7 Å². The Bertz CT molecular complexity index is 1320. The molecule has 2 aliphatic heterocycles. The number of hydrogen-bond donors (Lipinski definition) is 5. The van der Waals surface area contributed by atoms with Gasteiger partial charge in [0.15, 0.2) is 18.7 Å². The maximum atomic E-state index is 12.7. The lowest BCUT2D eigenvalue weighted by atomic mass is 9.96. The van der Waals surface area contributed by atoms with Crippen molar-refractivity contribution in [1.82, 2.24) is 0 Å². The van der Waals surface area contributed by atoms with E-state index in [9.17, 15) is 44.7 Å². The molecule has 0 unspecified atom stereocenters. The van der Waals surface area contributed by atoms with Crippen molar-refractivity contribution in [1.29, 1.82) is 0 Å². The lowest BCUT2D eigenvalue weighted by molar-refractivity contribution is -0.354. The number of carbonyl (C=O) groups is 4. The Kier molecular flexibility index (Phi) is 12.3. The third-order valence-electron chi connectivity index (χ3n) is 7.33. The highest BCUT2D eigenvalue weighted by atomic mass is 16.7. The van der Waals surface area contributed by atoms with Crippen molar-refractivity contribution < 1.29 is 73.1 Å². The maximum Gasteiger partial charge on any atom is 0.338 e. The molecule has 46 heavy (non-hydrogen) atoms. The minimum atomic E-state index is -1.92. The fourth-order valence-corrected chi connectivity index (χ4v) is 4.77. The summed E-state index contributed by atoms with van der Waals surface area (Å²) in [6.45, 7) is 0.100. The summed E-state index contributed by atoms with van der Waals surface area (Å²) < 4.78 is 32.6. The number of aliphatic hydroxyl groups excluding tert-OH is 5. The summed E-state index contributed by atoms with van der Waals surface area (Å²) in [6, 6.07) is 15.6. The van der Waals surface area contributed by atoms with Gasteiger partial charge in [-0.2, -0.15) is 0 Å². The van der Waals surface area contributed by atoms with E-state index in [1.54, 1.807) is 36.4 Å². The van der Waals surface area contributed by atoms with Gasteiger partial charge in [0, 0.05) is 6.42 Å². The van der Waals surface area contributed by atoms with Gasteiger partial charge in [-0.1, -0.05) is 36.4 Å². The fourth-order valence-electron chi connectivity index (χ4n) is 4.77. The van der Waals surface area contributed by atoms with E-state index >= 15 is 0 Å². The smallest absolute Gasteiger partial charge is 0.338 e. The van der Waals surface area contributed by atoms with Crippen molar-refractivity contribution >= 4 is 23.7 Å². The average Bonchev–Trinajstić information content (AvgIpc) is 3.06. The first-order valence-corrected chi connectivity index (χ1v) is 14.5. The molecule has 2 saturated heterocycles. The van der Waals surface area contributed by atoms with E-state index in [2.05, 4.69) is 0 Å². The molecule has 0 aliphatic carbocycles. The summed E-state index contributed by atoms with van der Waals surface area (Å²) in [6.07, 6.45) is -17.7. The number of carbonyl (C=O) groups excluding carboxylic acids is 4. The largest absolute Gasteiger partial charge is 0.463 e. The van der Waals surface area contributed by atoms with Crippen molar-refractivity contribution in [2.45, 2.75) is 81.2 Å². The van der Waals surface area contributed by atoms with Gasteiger partial charge in [-0.15, -0.1) is 0 Å². The van der Waals surface area contributed by atoms with Crippen LogP contribution in [0.1, 0.15) is 40.5 Å². The van der Waals surface area contributed by atoms with Crippen molar-refractivity contribution in [3.63, 3.8) is 0 Å². The zero-order valence-electron chi connectivity index (χ0n) is 24.7. The second-order valence-corrected chi connectivity index (χ2v) is 10.8. The molecule has 0 spiro atoms. The zero-order chi connectivity index (χ0) is 33.4. The van der Waals surface area contributed by atoms with E-state index in [1.807, 2.05) is 0 Å². The van der Waals surface area contributed by atoms with Gasteiger partial charge >= 0.3 is 17.9 Å². The maximum absolute atomic E-state index is 12.7. The minimum Gasteiger partial charge on any atom is -0.463 e. The molecule has 2 heterocycles. The lowest BCUT2D eigenvalue weighted by Crippen LogP contribution is -2.65. The molecule has 0 amide bonds. The molecule has 0 saturated carbocycles. The number of Topliss-reactive ketones (excluding diaryl/α,β-unsaturated/α-hetero) is 1. The molecule has 0 radical (unpaired) electrons. The highest BCUT2D eigenvalue weighted by Gasteiger charge is 2.52. The number of rotatable bonds is 12. The average molecular weight is 649 g/mol. The Hall–Kier alpha value is -3.80. The van der Waals surface area contributed by atoms with Gasteiger partial charge in [-0.25, -0.2) is 9.59 Å². The molecule has 15 nitrogen and oxygen atoms in total. The summed E-state index contributed by atoms with van der Waals surface area (Å²) in [7, 11) is 0. The van der Waals surface area contributed by atoms with Crippen molar-refractivity contribution in [2.75, 3.05) is 13.2 Å². The molecule has 2 aromatic rings. The molecule has 0 bridgehead atoms. The fraction of sp³-hybridized carbons (Fsp3) is 0.484. The number of aliphatic hydroxyl groups is 5. The first-order chi connectivity index (χ1) is 22.0. The summed E-state index contributed by atoms with van der Waals surface area (Å²) in [5.41, 5.74) is 0.289. The quantitative estimate of drug-likeness (QED) is 0.141. The molecular weight excluding hydrogens is 612 g/mol. The van der Waals surface area contributed by atoms with Crippen LogP contribution in [-0.2, 0) is 38.0 Å². The Morgan fingerprint density at radius 3 is 1.85 bits per heavy atom. The van der Waals surface area contributed by atoms with Gasteiger partial charge in [0.25, 0.3) is 0 Å². The van der Waals surface area contributed by atoms with Crippen LogP contribution in [-0.4, -0.2) is 124 Å². The molecule has 250 valence electrons. The van der Waals surface area contributed by atoms with E-state index < -0.39 is 92.5 Å². The van der Waals surface area contributed by atoms with Crippen molar-refractivity contribution in [2.24, 2.45) is 0 Å². The topological polar surface area (TPSA) is 225 Å². The van der Waals surface area contributed by atoms with E-state index in [0.717, 1.165) is 0 Å². The van der Waals surface area contributed by atoms with E-state index in [4.69, 9.17) is 28.4 Å². The second kappa shape index (κ2) is 16.2. The number of esters is 3. The number of ketones is 1. The molecule has 15 heteroatoms. The van der Waals surface area contributed by atoms with Gasteiger partial charge in [-0.05, 0) is 31.2 Å². The van der Waals surface area contributed by atoms with Crippen molar-refractivity contribution in [3.8, 4) is 0 Å². The first-order valence-electron chi connectivity index (χ1n) is 14.5. The minimum absolute atomic E-state index is 0.0718. The van der Waals surface area contributed by atoms with Crippen molar-refractivity contribution in [3.05, 3.63) is 71.8 Å². The summed E-state index contributed by atoms with van der Waals surface area (Å²) in [5, 5.41) is 53.6. The SMILES string of the molecule is CC(=O)CCC(=O)OC[C@H]1O[C@@H](O[C@H]2[C@H](O)[C@@H](OC(=O)c3ccccc3)[C@H](O)O[C@@H]2COC(=O)c2ccccc2)[C@H](O)[C@@H](O)[C@H]1O. The molecule has 10 atom stereocenters. The van der Waals surface area contributed by atoms with Gasteiger partial charge in [0.1, 0.15) is 61.7 Å². The van der Waals surface area contributed by atoms with E-state index in [1.165, 1.54) is 31.2 Å². The van der Waals surface area contributed by atoms with Gasteiger partial charge in [0.05, 0.1) is 17.5 Å². The molecule has 2 aliphatic rings. The normalized spacial score (nSPS) is 31.0. The number of ether oxygens (including phenoxy) is 6. The third kappa shape index (κ3) is 8.92. The zero-order valence-corrected chi connectivity index (χ0v) is 24.7. The van der Waals surface area contributed by atoms with Gasteiger partial charge in [-0.3, -0.25) is 4.79 Å². The van der Waals surface area contributed by atoms with E-state index in [0.29, 0.717) is 0 Å². The van der Waals surface area contributed by atoms with Crippen LogP contribution >= 0.6 is 0 Å². The van der Waals surface area contributed by atoms with Crippen LogP contribution in [0.5, 0.6) is 0 Å². The molecule has 0 aromatic heterocycles. The summed E-state index contributed by atoms with van der Waals surface area (Å²) in [5.74, 6) is -2.71. The molecule has 5 N–H and O–H groups in total. The van der Waals surface area contributed by atoms with Crippen LogP contribution in [0.4, 0.5) is 0 Å². The van der Waals surface area contributed by atoms with Crippen LogP contribution in [0.3, 0.4) is 0 Å². The summed E-state index contributed by atoms with van der Waals surface area (Å²) >= 11 is 0. The Balaban J connectivity index is 1.51. The molecule has 2 fully saturated rings. The van der Waals surface area contributed by atoms with Crippen LogP contribution in [0, 0.1) is 0 Å². The predicted molar refractivity (Wildman–Crippen MR) is 152 cm³/mol. The number of hydrogen-bond acceptors (Lipinski definition) is 15. The van der Waals surface area contributed by atoms with Gasteiger partial charge < -0.3 is 58.7 Å². The Labute approximate surface area is 263 Å². The third-order valence-corrected chi connectivity index (χ3v) is 7.33. The predicted octanol–water partition coefficient (Wildman–Crippen LogP) is -0.748. The van der Waals surface area contributed by atoms with Crippen LogP contribution < -0.4 is 0 Å². The van der Waals surface area contributed by atoms with Crippen LogP contribution in [0.25, 0.3) is 0 Å². The molecular formula is C31H36O15. The van der Waals surface area contributed by atoms with Crippen LogP contribution in [0.2, 0.25) is 0 Å². The highest BCUT2D eigenvalue weighted by molar-refractivity contribution is 5.90. The van der Waals surface area contributed by atoms with E-state index in [-0.39, 0.29) is 29.8 Å². The first kappa shape index (κ1) is 35.1. The summed E-state index contributed by atoms with van der Waals surface area (Å²) in [4.78, 5) is 48.5. The number of benzene rings is 2. The Morgan fingerprint density at radius 1 is 0.652 bits per heavy atom. The molecule has 4 rings (SSSR count). The lowest BCUT2D eigenvalue weighted by Gasteiger charge is -2.46. The Morgan fingerprint density at radius 2 is 1.24 bits per heavy atom. The standard InChI is InChI=1S/C31H36O15/c1-16(32)12-13-21(33)41-14-19-22(34)23(35)24(36)31(44-19)46-26-20(15-42-28(38)17-8-4-2-5-9-17)43-30(40)27(25(26)37)45-29(39)18-10-6-3-7-11-18/h2-11,19-20,22-27,30-31,34-37,40H,12-15H2,1H3/t19-,20-,22+,23+,24-,25+,26-,27-,30-,31+/m1/s1. The van der Waals surface area contributed by atoms with Gasteiger partial charge in [0.2, 0.25) is 0 Å². The second-order valence-electron chi connectivity index (χ2n) is 10.8. The molecule has 2 aromatic carbocycles. The monoisotopic (exact) mass is 648 g/mol. The highest BCUT2D eigenvalue weighted by Crippen LogP contribution is 2.31.